The lowest BCUT2D eigenvalue weighted by Crippen LogP contribution is -2.71. The fourth-order valence-corrected chi connectivity index (χ4v) is 16.5. The van der Waals surface area contributed by atoms with E-state index in [0.29, 0.717) is 38.2 Å². The van der Waals surface area contributed by atoms with Gasteiger partial charge in [-0.3, -0.25) is 0 Å². The fourth-order valence-electron chi connectivity index (χ4n) is 10.8. The Labute approximate surface area is 351 Å². The van der Waals surface area contributed by atoms with Gasteiger partial charge in [-0.05, 0) is 86.6 Å². The molecule has 9 rings (SSSR count). The Balaban J connectivity index is 1.72. The van der Waals surface area contributed by atoms with Gasteiger partial charge in [0.25, 0.3) is 0 Å². The van der Waals surface area contributed by atoms with Crippen molar-refractivity contribution in [3.63, 3.8) is 0 Å². The fraction of sp³-hybridized carbons (Fsp3) is 0.120. The Morgan fingerprint density at radius 3 is 1.23 bits per heavy atom. The second-order valence-electron chi connectivity index (χ2n) is 16.5. The summed E-state index contributed by atoms with van der Waals surface area (Å²) >= 11 is 0. The lowest BCUT2D eigenvalue weighted by Gasteiger charge is -2.49. The monoisotopic (exact) mass is 866 g/mol. The molecule has 12 heteroatoms. The highest BCUT2D eigenvalue weighted by atomic mass is 31.2. The van der Waals surface area contributed by atoms with E-state index in [1.807, 2.05) is 77.9 Å². The number of benzene rings is 7. The predicted molar refractivity (Wildman–Crippen MR) is 230 cm³/mol. The summed E-state index contributed by atoms with van der Waals surface area (Å²) in [4.78, 5) is 0. The molecule has 0 amide bonds. The van der Waals surface area contributed by atoms with Crippen molar-refractivity contribution in [3.8, 4) is 22.3 Å². The maximum atomic E-state index is 17.2. The summed E-state index contributed by atoms with van der Waals surface area (Å²) in [6, 6.07) is 25.8. The molecule has 0 saturated heterocycles. The van der Waals surface area contributed by atoms with Crippen LogP contribution in [0.4, 0.5) is 43.9 Å². The Morgan fingerprint density at radius 1 is 0.403 bits per heavy atom. The Bertz CT molecular complexity index is 2920. The zero-order valence-electron chi connectivity index (χ0n) is 34.0. The summed E-state index contributed by atoms with van der Waals surface area (Å²) in [6.07, 6.45) is -4.62. The first kappa shape index (κ1) is 41.4. The topological polar surface area (TPSA) is 0 Å². The average molecular weight is 867 g/mol. The molecule has 0 spiro atoms. The summed E-state index contributed by atoms with van der Waals surface area (Å²) in [5.74, 6) is -23.9. The molecule has 1 heterocycles. The molecule has 0 N–H and O–H groups in total. The largest absolute Gasteiger partial charge is 0.207 e. The van der Waals surface area contributed by atoms with Crippen LogP contribution in [0.5, 0.6) is 0 Å². The van der Waals surface area contributed by atoms with Gasteiger partial charge in [0.2, 0.25) is 0 Å². The van der Waals surface area contributed by atoms with E-state index in [0.717, 1.165) is 39.4 Å². The molecule has 2 aliphatic rings. The number of aryl methyl sites for hydroxylation is 6. The first-order valence-electron chi connectivity index (χ1n) is 19.7. The van der Waals surface area contributed by atoms with E-state index >= 15 is 43.9 Å². The predicted octanol–water partition coefficient (Wildman–Crippen LogP) is 10.9. The summed E-state index contributed by atoms with van der Waals surface area (Å²) in [6.45, 7) is 11.4. The Morgan fingerprint density at radius 2 is 0.790 bits per heavy atom. The highest BCUT2D eigenvalue weighted by Gasteiger charge is 2.59. The van der Waals surface area contributed by atoms with Crippen LogP contribution in [-0.4, -0.2) is 6.15 Å². The van der Waals surface area contributed by atoms with Gasteiger partial charge in [0.15, 0.2) is 34.9 Å². The van der Waals surface area contributed by atoms with Gasteiger partial charge in [-0.1, -0.05) is 96.1 Å². The minimum Gasteiger partial charge on any atom is -0.207 e. The van der Waals surface area contributed by atoms with Crippen LogP contribution < -0.4 is 32.3 Å². The van der Waals surface area contributed by atoms with Gasteiger partial charge in [0.1, 0.15) is 52.6 Å². The molecule has 312 valence electrons. The molecule has 7 aromatic rings. The minimum atomic E-state index is -4.62. The SMILES string of the molecule is Cc1cc(C)c([P+]2(c3c(C)cc(C)cc3C)/C(c3ccccc3)=C/[B-](c3c(F)c(F)c(F)c(F)c3F)(c3c(F)c(F)c(F)c(F)c3F)c3cccc4c3-c3c-4cccc32)c(C)c1. The molecule has 0 atom stereocenters. The highest BCUT2D eigenvalue weighted by molar-refractivity contribution is 8.04. The number of halogens is 10. The third kappa shape index (κ3) is 5.33. The van der Waals surface area contributed by atoms with E-state index < -0.39 is 88.0 Å². The van der Waals surface area contributed by atoms with Crippen molar-refractivity contribution in [2.45, 2.75) is 41.5 Å². The number of fused-ring (bicyclic) bond motifs is 1. The quantitative estimate of drug-likeness (QED) is 0.0532. The lowest BCUT2D eigenvalue weighted by molar-refractivity contribution is 0.382. The molecule has 0 fully saturated rings. The number of hydrogen-bond donors (Lipinski definition) is 0. The molecule has 1 aliphatic carbocycles. The third-order valence-corrected chi connectivity index (χ3v) is 17.7. The van der Waals surface area contributed by atoms with Crippen LogP contribution >= 0.6 is 7.26 Å². The van der Waals surface area contributed by atoms with Crippen LogP contribution in [0.25, 0.3) is 27.6 Å². The minimum absolute atomic E-state index is 0.114. The second-order valence-corrected chi connectivity index (χ2v) is 19.7. The number of rotatable bonds is 5. The van der Waals surface area contributed by atoms with E-state index in [-0.39, 0.29) is 10.9 Å². The van der Waals surface area contributed by atoms with Crippen LogP contribution in [0, 0.1) is 99.7 Å². The van der Waals surface area contributed by atoms with Crippen molar-refractivity contribution in [3.05, 3.63) is 194 Å². The Kier molecular flexibility index (Phi) is 9.56. The first-order valence-corrected chi connectivity index (χ1v) is 21.5. The van der Waals surface area contributed by atoms with Crippen molar-refractivity contribution in [1.29, 1.82) is 0 Å². The van der Waals surface area contributed by atoms with Gasteiger partial charge >= 0.3 is 0 Å². The normalized spacial score (nSPS) is 15.3. The standard InChI is InChI=1S/C50H34BF10P/c1-23-18-25(3)49(26(4)19-23)62(50-27(5)20-24(2)21-28(50)6)33-17-11-15-31-30-14-10-16-32(35(30)36(31)33)51(22-34(62)29-12-8-7-9-13-29,37-39(52)43(56)47(60)44(57)40(37)53)38-41(54)45(58)48(61)46(59)42(38)55/h7-22H,1-6H3/b34-22+. The van der Waals surface area contributed by atoms with E-state index in [1.165, 1.54) is 12.1 Å². The van der Waals surface area contributed by atoms with Crippen molar-refractivity contribution < 1.29 is 43.9 Å². The van der Waals surface area contributed by atoms with E-state index in [1.54, 1.807) is 42.5 Å². The molecule has 1 aliphatic heterocycles. The second kappa shape index (κ2) is 14.3. The van der Waals surface area contributed by atoms with Crippen molar-refractivity contribution in [2.75, 3.05) is 0 Å². The summed E-state index contributed by atoms with van der Waals surface area (Å²) in [5.41, 5.74) is 2.66. The van der Waals surface area contributed by atoms with E-state index in [4.69, 9.17) is 0 Å². The lowest BCUT2D eigenvalue weighted by atomic mass is 9.14. The molecule has 0 aromatic heterocycles. The molecule has 0 bridgehead atoms. The molecule has 0 radical (unpaired) electrons. The summed E-state index contributed by atoms with van der Waals surface area (Å²) in [7, 11) is -3.78. The maximum Gasteiger partial charge on any atom is 0.200 e. The smallest absolute Gasteiger partial charge is 0.200 e. The molecule has 62 heavy (non-hydrogen) atoms. The first-order chi connectivity index (χ1) is 29.4. The van der Waals surface area contributed by atoms with Gasteiger partial charge in [-0.2, -0.15) is 11.4 Å². The van der Waals surface area contributed by atoms with Crippen molar-refractivity contribution in [2.24, 2.45) is 0 Å². The van der Waals surface area contributed by atoms with Crippen molar-refractivity contribution in [1.82, 2.24) is 0 Å². The van der Waals surface area contributed by atoms with Crippen LogP contribution in [0.3, 0.4) is 0 Å². The third-order valence-electron chi connectivity index (χ3n) is 12.7. The van der Waals surface area contributed by atoms with E-state index in [9.17, 15) is 0 Å². The van der Waals surface area contributed by atoms with Crippen LogP contribution in [0.1, 0.15) is 38.9 Å². The molecule has 0 unspecified atom stereocenters. The van der Waals surface area contributed by atoms with Gasteiger partial charge < -0.3 is 0 Å². The molecular weight excluding hydrogens is 832 g/mol. The molecule has 7 aromatic carbocycles. The Hall–Kier alpha value is -5.93. The van der Waals surface area contributed by atoms with Gasteiger partial charge in [-0.25, -0.2) is 43.9 Å². The number of hydrogen-bond acceptors (Lipinski definition) is 0. The van der Waals surface area contributed by atoms with Gasteiger partial charge in [0.05, 0.1) is 5.31 Å². The average Bonchev–Trinajstić information content (AvgIpc) is 3.22. The molecule has 0 saturated carbocycles. The van der Waals surface area contributed by atoms with E-state index in [2.05, 4.69) is 0 Å². The van der Waals surface area contributed by atoms with Crippen LogP contribution in [-0.2, 0) is 0 Å². The zero-order valence-corrected chi connectivity index (χ0v) is 34.9. The van der Waals surface area contributed by atoms with Crippen LogP contribution in [0.2, 0.25) is 0 Å². The summed E-state index contributed by atoms with van der Waals surface area (Å²) in [5, 5.41) is 2.27. The highest BCUT2D eigenvalue weighted by Crippen LogP contribution is 2.71. The van der Waals surface area contributed by atoms with Crippen LogP contribution in [0.15, 0.2) is 97.0 Å². The molecular formula is C50H34BF10P. The summed E-state index contributed by atoms with van der Waals surface area (Å²) < 4.78 is 163. The maximum absolute atomic E-state index is 17.2. The van der Waals surface area contributed by atoms with Crippen molar-refractivity contribution >= 4 is 51.0 Å². The zero-order chi connectivity index (χ0) is 44.5. The van der Waals surface area contributed by atoms with Gasteiger partial charge in [0, 0.05) is 11.1 Å². The van der Waals surface area contributed by atoms with Gasteiger partial charge in [-0.15, -0.1) is 10.9 Å². The molecule has 0 nitrogen and oxygen atoms in total.